The summed E-state index contributed by atoms with van der Waals surface area (Å²) in [4.78, 5) is 72.3. The van der Waals surface area contributed by atoms with Crippen molar-refractivity contribution in [2.45, 2.75) is 193 Å². The van der Waals surface area contributed by atoms with Crippen LogP contribution in [0.25, 0.3) is 0 Å². The van der Waals surface area contributed by atoms with Gasteiger partial charge in [-0.25, -0.2) is 4.79 Å². The third kappa shape index (κ3) is 16.2. The molecule has 4 rings (SSSR count). The predicted molar refractivity (Wildman–Crippen MR) is 264 cm³/mol. The standard InChI is InChI=1S/C53H84NO14P/c1-32-17-14-13-15-18-33(2)44(63-8)31-41-25-22-37(6)53(61,67-41)50(58)51(59)54-38(7)19-16-20-42(54)52(60)66-45(35(4)28-39-23-26-43(46(29-39)64-9)68-69(11,12)62)30-40(55)24-21-34(3)47(56)49(65-10)48(57)36(5)27-32/h13-15,17-18,21,32,35-39,41-47,49,56,61H,16,19-20,22-31H2,1-12H3/b15-13+,17-14+,33-18+,34-21+/t32-,35-,36-,37-,38?,39+,41+,42+,43-,44+,45+,46-,47-,49-,53-/m1/s1. The van der Waals surface area contributed by atoms with Crippen LogP contribution < -0.4 is 0 Å². The minimum absolute atomic E-state index is 0.0146. The number of amides is 1. The van der Waals surface area contributed by atoms with Crippen molar-refractivity contribution in [1.82, 2.24) is 4.90 Å². The summed E-state index contributed by atoms with van der Waals surface area (Å²) >= 11 is 0. The Morgan fingerprint density at radius 1 is 0.855 bits per heavy atom. The molecule has 0 spiro atoms. The average molecular weight is 990 g/mol. The van der Waals surface area contributed by atoms with Gasteiger partial charge >= 0.3 is 5.97 Å². The van der Waals surface area contributed by atoms with Crippen molar-refractivity contribution >= 4 is 36.6 Å². The molecule has 15 nitrogen and oxygen atoms in total. The number of piperidine rings is 1. The molecule has 3 heterocycles. The van der Waals surface area contributed by atoms with Crippen LogP contribution in [-0.2, 0) is 56.7 Å². The van der Waals surface area contributed by atoms with Gasteiger partial charge in [-0.2, -0.15) is 0 Å². The maximum Gasteiger partial charge on any atom is 0.329 e. The fourth-order valence-electron chi connectivity index (χ4n) is 10.6. The van der Waals surface area contributed by atoms with Crippen molar-refractivity contribution in [2.75, 3.05) is 34.7 Å². The van der Waals surface area contributed by atoms with Crippen LogP contribution in [0.5, 0.6) is 0 Å². The first-order valence-electron chi connectivity index (χ1n) is 25.2. The first-order chi connectivity index (χ1) is 32.4. The molecule has 1 aliphatic carbocycles. The highest BCUT2D eigenvalue weighted by atomic mass is 31.2. The number of ether oxygens (including phenoxy) is 5. The molecule has 3 fully saturated rings. The fraction of sp³-hybridized carbons (Fsp3) is 0.755. The molecule has 2 bridgehead atoms. The smallest absolute Gasteiger partial charge is 0.329 e. The summed E-state index contributed by atoms with van der Waals surface area (Å²) in [5.41, 5.74) is 1.26. The van der Waals surface area contributed by atoms with Crippen molar-refractivity contribution < 1.29 is 67.0 Å². The van der Waals surface area contributed by atoms with Gasteiger partial charge in [-0.1, -0.05) is 64.2 Å². The van der Waals surface area contributed by atoms with Gasteiger partial charge in [0.25, 0.3) is 11.7 Å². The molecule has 15 atom stereocenters. The maximum absolute atomic E-state index is 14.5. The zero-order chi connectivity index (χ0) is 51.4. The highest BCUT2D eigenvalue weighted by Gasteiger charge is 2.54. The van der Waals surface area contributed by atoms with E-state index >= 15 is 0 Å². The third-order valence-electron chi connectivity index (χ3n) is 14.9. The molecule has 0 radical (unpaired) electrons. The molecule has 1 unspecified atom stereocenters. The Balaban J connectivity index is 1.70. The van der Waals surface area contributed by atoms with Crippen LogP contribution in [-0.4, -0.2) is 140 Å². The van der Waals surface area contributed by atoms with E-state index in [1.807, 2.05) is 58.1 Å². The van der Waals surface area contributed by atoms with E-state index in [1.54, 1.807) is 54.4 Å². The highest BCUT2D eigenvalue weighted by Crippen LogP contribution is 2.45. The third-order valence-corrected chi connectivity index (χ3v) is 15.7. The van der Waals surface area contributed by atoms with E-state index in [9.17, 15) is 38.8 Å². The number of rotatable bonds is 8. The number of allylic oxidation sites excluding steroid dienone is 6. The summed E-state index contributed by atoms with van der Waals surface area (Å²) in [7, 11) is 1.76. The van der Waals surface area contributed by atoms with Gasteiger partial charge in [-0.3, -0.25) is 23.7 Å². The Bertz CT molecular complexity index is 1940. The van der Waals surface area contributed by atoms with Gasteiger partial charge in [0.1, 0.15) is 30.1 Å². The fourth-order valence-corrected chi connectivity index (χ4v) is 11.5. The minimum Gasteiger partial charge on any atom is -0.460 e. The largest absolute Gasteiger partial charge is 0.460 e. The van der Waals surface area contributed by atoms with Crippen LogP contribution in [0, 0.1) is 29.6 Å². The summed E-state index contributed by atoms with van der Waals surface area (Å²) in [6.07, 6.45) is 11.2. The molecule has 0 aromatic carbocycles. The van der Waals surface area contributed by atoms with Crippen LogP contribution >= 0.6 is 7.37 Å². The predicted octanol–water partition coefficient (Wildman–Crippen LogP) is 7.89. The molecule has 1 saturated carbocycles. The summed E-state index contributed by atoms with van der Waals surface area (Å²) in [6, 6.07) is -1.73. The van der Waals surface area contributed by atoms with Gasteiger partial charge in [-0.15, -0.1) is 0 Å². The van der Waals surface area contributed by atoms with Crippen molar-refractivity contribution in [3.8, 4) is 0 Å². The number of carbonyl (C=O) groups is 5. The van der Waals surface area contributed by atoms with E-state index in [0.29, 0.717) is 63.4 Å². The number of Topliss-reactive ketones (excluding diaryl/α,β-unsaturated/α-hetero) is 3. The molecule has 390 valence electrons. The summed E-state index contributed by atoms with van der Waals surface area (Å²) in [5, 5.41) is 23.4. The van der Waals surface area contributed by atoms with Gasteiger partial charge in [0.15, 0.2) is 13.2 Å². The van der Waals surface area contributed by atoms with E-state index in [1.165, 1.54) is 12.0 Å². The second-order valence-corrected chi connectivity index (χ2v) is 23.7. The van der Waals surface area contributed by atoms with Crippen LogP contribution in [0.3, 0.4) is 0 Å². The number of methoxy groups -OCH3 is 3. The van der Waals surface area contributed by atoms with E-state index in [-0.39, 0.29) is 60.8 Å². The van der Waals surface area contributed by atoms with E-state index < -0.39 is 85.3 Å². The number of aliphatic hydroxyl groups is 2. The number of nitrogens with zero attached hydrogens (tertiary/aromatic N) is 1. The lowest BCUT2D eigenvalue weighted by molar-refractivity contribution is -0.266. The average Bonchev–Trinajstić information content (AvgIpc) is 3.29. The molecule has 1 amide bonds. The summed E-state index contributed by atoms with van der Waals surface area (Å²) in [5.74, 6) is -7.36. The Labute approximate surface area is 411 Å². The van der Waals surface area contributed by atoms with Crippen LogP contribution in [0.4, 0.5) is 0 Å². The number of aliphatic hydroxyl groups excluding tert-OH is 1. The lowest BCUT2D eigenvalue weighted by Gasteiger charge is -2.44. The second-order valence-electron chi connectivity index (χ2n) is 20.9. The van der Waals surface area contributed by atoms with Crippen LogP contribution in [0.15, 0.2) is 47.6 Å². The maximum atomic E-state index is 14.5. The van der Waals surface area contributed by atoms with E-state index in [2.05, 4.69) is 0 Å². The second kappa shape index (κ2) is 26.5. The topological polar surface area (TPSA) is 201 Å². The van der Waals surface area contributed by atoms with Crippen LogP contribution in [0.1, 0.15) is 132 Å². The number of ketones is 3. The van der Waals surface area contributed by atoms with Crippen molar-refractivity contribution in [2.24, 2.45) is 29.6 Å². The monoisotopic (exact) mass is 990 g/mol. The first-order valence-corrected chi connectivity index (χ1v) is 27.7. The van der Waals surface area contributed by atoms with Gasteiger partial charge in [-0.05, 0) is 114 Å². The molecule has 0 aromatic heterocycles. The normalized spacial score (nSPS) is 39.0. The number of carbonyl (C=O) groups excluding carboxylic acids is 5. The Hall–Kier alpha value is -3.14. The molecule has 2 N–H and O–H groups in total. The Morgan fingerprint density at radius 3 is 2.22 bits per heavy atom. The van der Waals surface area contributed by atoms with E-state index in [4.69, 9.17) is 28.2 Å². The first kappa shape index (κ1) is 58.4. The molecule has 69 heavy (non-hydrogen) atoms. The quantitative estimate of drug-likeness (QED) is 0.103. The minimum atomic E-state index is -2.79. The van der Waals surface area contributed by atoms with Gasteiger partial charge in [0, 0.05) is 71.8 Å². The molecule has 3 aliphatic heterocycles. The number of fused-ring (bicyclic) bond motifs is 3. The zero-order valence-corrected chi connectivity index (χ0v) is 44.3. The van der Waals surface area contributed by atoms with Crippen molar-refractivity contribution in [3.63, 3.8) is 0 Å². The molecular weight excluding hydrogens is 906 g/mol. The summed E-state index contributed by atoms with van der Waals surface area (Å²) < 4.78 is 48.2. The van der Waals surface area contributed by atoms with E-state index in [0.717, 1.165) is 12.0 Å². The number of hydrogen-bond donors (Lipinski definition) is 2. The number of hydrogen-bond acceptors (Lipinski definition) is 14. The molecule has 4 aliphatic rings. The van der Waals surface area contributed by atoms with Gasteiger partial charge < -0.3 is 43.3 Å². The summed E-state index contributed by atoms with van der Waals surface area (Å²) in [6.45, 7) is 15.9. The lowest BCUT2D eigenvalue weighted by Crippen LogP contribution is -2.62. The lowest BCUT2D eigenvalue weighted by atomic mass is 9.78. The SMILES string of the molecule is CO[C@H]1C[C@@H]2CC[C@@H](C)[C@@](O)(O2)C(=O)C(=O)N2C(C)CCC[C@H]2C(=O)O[C@H]([C@H](C)C[C@@H]2CC[C@@H](OP(C)(C)=O)[C@H](OC)C2)CC(=O)C/C=C(\C)[C@@H](O)[C@@H](OC)C(=O)[C@H](C)C[C@H](C)/C=C/C=C/C=C/1C. The Kier molecular flexibility index (Phi) is 22.5. The zero-order valence-electron chi connectivity index (χ0n) is 43.4. The molecule has 2 saturated heterocycles. The van der Waals surface area contributed by atoms with Crippen molar-refractivity contribution in [1.29, 1.82) is 0 Å². The molecule has 0 aromatic rings. The highest BCUT2D eigenvalue weighted by molar-refractivity contribution is 7.57. The van der Waals surface area contributed by atoms with Gasteiger partial charge in [0.2, 0.25) is 5.79 Å². The number of esters is 1. The Morgan fingerprint density at radius 2 is 1.57 bits per heavy atom. The molecule has 16 heteroatoms. The van der Waals surface area contributed by atoms with Crippen molar-refractivity contribution in [3.05, 3.63) is 47.6 Å². The van der Waals surface area contributed by atoms with Crippen LogP contribution in [0.2, 0.25) is 0 Å². The number of cyclic esters (lactones) is 1. The van der Waals surface area contributed by atoms with Gasteiger partial charge in [0.05, 0.1) is 24.4 Å². The molecular formula is C53H84NO14P.